The topological polar surface area (TPSA) is 101 Å². The first-order valence-electron chi connectivity index (χ1n) is 9.17. The zero-order valence-corrected chi connectivity index (χ0v) is 16.1. The number of hydrogen-bond acceptors (Lipinski definition) is 4. The van der Waals surface area contributed by atoms with Gasteiger partial charge in [0.15, 0.2) is 0 Å². The van der Waals surface area contributed by atoms with Crippen molar-refractivity contribution < 1.29 is 14.5 Å². The van der Waals surface area contributed by atoms with E-state index in [4.69, 9.17) is 0 Å². The lowest BCUT2D eigenvalue weighted by molar-refractivity contribution is -0.385. The molecule has 3 aromatic rings. The zero-order valence-electron chi connectivity index (χ0n) is 16.1. The number of hydrogen-bond donors (Lipinski definition) is 2. The third-order valence-electron chi connectivity index (χ3n) is 4.74. The molecule has 0 bridgehead atoms. The Hall–Kier alpha value is -3.74. The largest absolute Gasteiger partial charge is 0.348 e. The summed E-state index contributed by atoms with van der Waals surface area (Å²) in [7, 11) is 0. The number of benzene rings is 3. The van der Waals surface area contributed by atoms with Crippen LogP contribution in [0, 0.1) is 17.0 Å². The summed E-state index contributed by atoms with van der Waals surface area (Å²) in [6, 6.07) is 17.8. The van der Waals surface area contributed by atoms with Crippen molar-refractivity contribution in [3.05, 3.63) is 87.5 Å². The molecule has 7 heteroatoms. The van der Waals surface area contributed by atoms with Gasteiger partial charge in [0.05, 0.1) is 17.5 Å². The van der Waals surface area contributed by atoms with Gasteiger partial charge < -0.3 is 10.6 Å². The molecule has 2 N–H and O–H groups in total. The van der Waals surface area contributed by atoms with E-state index in [1.165, 1.54) is 18.2 Å². The number of nitrogens with one attached hydrogen (secondary N) is 2. The van der Waals surface area contributed by atoms with Gasteiger partial charge in [-0.25, -0.2) is 0 Å². The van der Waals surface area contributed by atoms with Crippen LogP contribution in [0.15, 0.2) is 60.7 Å². The molecular weight excluding hydrogens is 370 g/mol. The number of carbonyl (C=O) groups excluding carboxylic acids is 2. The lowest BCUT2D eigenvalue weighted by Crippen LogP contribution is -2.38. The molecule has 0 saturated heterocycles. The number of aryl methyl sites for hydroxylation is 1. The summed E-state index contributed by atoms with van der Waals surface area (Å²) in [5.41, 5.74) is 1.45. The van der Waals surface area contributed by atoms with E-state index in [1.54, 1.807) is 6.92 Å². The monoisotopic (exact) mass is 391 g/mol. The van der Waals surface area contributed by atoms with Gasteiger partial charge >= 0.3 is 0 Å². The van der Waals surface area contributed by atoms with Crippen molar-refractivity contribution in [1.29, 1.82) is 0 Å². The lowest BCUT2D eigenvalue weighted by Gasteiger charge is -2.17. The molecule has 0 fully saturated rings. The third kappa shape index (κ3) is 4.57. The van der Waals surface area contributed by atoms with Gasteiger partial charge in [0.1, 0.15) is 0 Å². The summed E-state index contributed by atoms with van der Waals surface area (Å²) in [5.74, 6) is -0.888. The van der Waals surface area contributed by atoms with Crippen LogP contribution >= 0.6 is 0 Å². The Morgan fingerprint density at radius 1 is 1.07 bits per heavy atom. The van der Waals surface area contributed by atoms with Crippen LogP contribution in [0.25, 0.3) is 10.8 Å². The summed E-state index contributed by atoms with van der Waals surface area (Å²) < 4.78 is 0. The van der Waals surface area contributed by atoms with Crippen molar-refractivity contribution >= 4 is 28.3 Å². The van der Waals surface area contributed by atoms with Gasteiger partial charge in [0.2, 0.25) is 5.91 Å². The maximum atomic E-state index is 12.3. The molecule has 1 unspecified atom stereocenters. The van der Waals surface area contributed by atoms with Gasteiger partial charge in [-0.2, -0.15) is 0 Å². The fraction of sp³-hybridized carbons (Fsp3) is 0.182. The predicted octanol–water partition coefficient (Wildman–Crippen LogP) is 3.66. The van der Waals surface area contributed by atoms with E-state index in [2.05, 4.69) is 10.6 Å². The molecule has 0 aliphatic rings. The van der Waals surface area contributed by atoms with Crippen LogP contribution in [-0.2, 0) is 4.79 Å². The first kappa shape index (κ1) is 20.0. The van der Waals surface area contributed by atoms with Crippen LogP contribution in [0.1, 0.15) is 34.5 Å². The molecule has 1 atom stereocenters. The van der Waals surface area contributed by atoms with Crippen molar-refractivity contribution in [2.45, 2.75) is 19.9 Å². The highest BCUT2D eigenvalue weighted by Gasteiger charge is 2.17. The molecule has 0 aromatic heterocycles. The SMILES string of the molecule is Cc1ccc(C(=O)NCC(=O)NC(C)c2cccc3ccccc23)cc1[N+](=O)[O-]. The molecule has 0 spiro atoms. The number of carbonyl (C=O) groups is 2. The van der Waals surface area contributed by atoms with Crippen molar-refractivity contribution in [3.8, 4) is 0 Å². The summed E-state index contributed by atoms with van der Waals surface area (Å²) >= 11 is 0. The predicted molar refractivity (Wildman–Crippen MR) is 111 cm³/mol. The smallest absolute Gasteiger partial charge is 0.273 e. The summed E-state index contributed by atoms with van der Waals surface area (Å²) in [6.45, 7) is 3.25. The number of nitrogens with zero attached hydrogens (tertiary/aromatic N) is 1. The maximum Gasteiger partial charge on any atom is 0.273 e. The second kappa shape index (κ2) is 8.52. The minimum atomic E-state index is -0.541. The quantitative estimate of drug-likeness (QED) is 0.494. The number of nitro groups is 1. The summed E-state index contributed by atoms with van der Waals surface area (Å²) in [6.07, 6.45) is 0. The third-order valence-corrected chi connectivity index (χ3v) is 4.74. The highest BCUT2D eigenvalue weighted by Crippen LogP contribution is 2.24. The molecule has 148 valence electrons. The standard InChI is InChI=1S/C22H21N3O4/c1-14-10-11-17(12-20(14)25(28)29)22(27)23-13-21(26)24-15(2)18-9-5-7-16-6-3-4-8-19(16)18/h3-12,15H,13H2,1-2H3,(H,23,27)(H,24,26). The number of rotatable bonds is 6. The Bertz CT molecular complexity index is 1090. The Morgan fingerprint density at radius 2 is 1.79 bits per heavy atom. The molecule has 0 aliphatic heterocycles. The molecule has 0 aliphatic carbocycles. The normalized spacial score (nSPS) is 11.7. The van der Waals surface area contributed by atoms with E-state index in [0.29, 0.717) is 5.56 Å². The van der Waals surface area contributed by atoms with Gasteiger partial charge in [-0.05, 0) is 36.2 Å². The molecule has 3 aromatic carbocycles. The average molecular weight is 391 g/mol. The average Bonchev–Trinajstić information content (AvgIpc) is 2.71. The van der Waals surface area contributed by atoms with Crippen molar-refractivity contribution in [1.82, 2.24) is 10.6 Å². The van der Waals surface area contributed by atoms with Crippen LogP contribution in [-0.4, -0.2) is 23.3 Å². The minimum Gasteiger partial charge on any atom is -0.348 e. The number of amides is 2. The van der Waals surface area contributed by atoms with Crippen molar-refractivity contribution in [2.24, 2.45) is 0 Å². The fourth-order valence-electron chi connectivity index (χ4n) is 3.21. The van der Waals surface area contributed by atoms with E-state index in [9.17, 15) is 19.7 Å². The van der Waals surface area contributed by atoms with Crippen LogP contribution in [0.3, 0.4) is 0 Å². The summed E-state index contributed by atoms with van der Waals surface area (Å²) in [4.78, 5) is 35.0. The van der Waals surface area contributed by atoms with Crippen LogP contribution in [0.5, 0.6) is 0 Å². The van der Waals surface area contributed by atoms with Gasteiger partial charge in [-0.1, -0.05) is 48.5 Å². The maximum absolute atomic E-state index is 12.3. The lowest BCUT2D eigenvalue weighted by atomic mass is 10.00. The Morgan fingerprint density at radius 3 is 2.55 bits per heavy atom. The highest BCUT2D eigenvalue weighted by molar-refractivity contribution is 5.97. The molecule has 7 nitrogen and oxygen atoms in total. The van der Waals surface area contributed by atoms with Gasteiger partial charge in [0.25, 0.3) is 11.6 Å². The zero-order chi connectivity index (χ0) is 21.0. The second-order valence-electron chi connectivity index (χ2n) is 6.80. The second-order valence-corrected chi connectivity index (χ2v) is 6.80. The summed E-state index contributed by atoms with van der Waals surface area (Å²) in [5, 5.41) is 18.5. The molecule has 29 heavy (non-hydrogen) atoms. The number of fused-ring (bicyclic) bond motifs is 1. The van der Waals surface area contributed by atoms with E-state index in [0.717, 1.165) is 16.3 Å². The van der Waals surface area contributed by atoms with Crippen LogP contribution in [0.2, 0.25) is 0 Å². The van der Waals surface area contributed by atoms with E-state index < -0.39 is 10.8 Å². The molecule has 3 rings (SSSR count). The molecule has 0 saturated carbocycles. The first-order chi connectivity index (χ1) is 13.9. The van der Waals surface area contributed by atoms with Gasteiger partial charge in [-0.3, -0.25) is 19.7 Å². The van der Waals surface area contributed by atoms with Gasteiger partial charge in [-0.15, -0.1) is 0 Å². The Kier molecular flexibility index (Phi) is 5.87. The van der Waals surface area contributed by atoms with Crippen LogP contribution in [0.4, 0.5) is 5.69 Å². The van der Waals surface area contributed by atoms with Crippen molar-refractivity contribution in [2.75, 3.05) is 6.54 Å². The van der Waals surface area contributed by atoms with E-state index in [1.807, 2.05) is 49.4 Å². The molecule has 0 heterocycles. The fourth-order valence-corrected chi connectivity index (χ4v) is 3.21. The van der Waals surface area contributed by atoms with Gasteiger partial charge in [0, 0.05) is 17.2 Å². The van der Waals surface area contributed by atoms with E-state index >= 15 is 0 Å². The Balaban J connectivity index is 1.63. The highest BCUT2D eigenvalue weighted by atomic mass is 16.6. The Labute approximate surface area is 167 Å². The van der Waals surface area contributed by atoms with E-state index in [-0.39, 0.29) is 29.7 Å². The number of nitro benzene ring substituents is 1. The first-order valence-corrected chi connectivity index (χ1v) is 9.17. The molecule has 0 radical (unpaired) electrons. The van der Waals surface area contributed by atoms with Crippen molar-refractivity contribution in [3.63, 3.8) is 0 Å². The molecular formula is C22H21N3O4. The van der Waals surface area contributed by atoms with Crippen LogP contribution < -0.4 is 10.6 Å². The molecule has 2 amide bonds. The minimum absolute atomic E-state index is 0.133.